The first kappa shape index (κ1) is 20.2. The lowest BCUT2D eigenvalue weighted by atomic mass is 10.1. The summed E-state index contributed by atoms with van der Waals surface area (Å²) in [6, 6.07) is 9.23. The van der Waals surface area contributed by atoms with Crippen molar-refractivity contribution in [3.05, 3.63) is 69.2 Å². The lowest BCUT2D eigenvalue weighted by Gasteiger charge is -2.35. The van der Waals surface area contributed by atoms with Gasteiger partial charge in [0.25, 0.3) is 5.91 Å². The Labute approximate surface area is 173 Å². The summed E-state index contributed by atoms with van der Waals surface area (Å²) >= 11 is 6.00. The molecule has 10 heteroatoms. The molecule has 6 nitrogen and oxygen atoms in total. The maximum absolute atomic E-state index is 12.8. The van der Waals surface area contributed by atoms with E-state index in [1.165, 1.54) is 11.0 Å². The Balaban J connectivity index is 1.49. The number of para-hydroxylation sites is 1. The van der Waals surface area contributed by atoms with Crippen molar-refractivity contribution in [1.82, 2.24) is 9.88 Å². The van der Waals surface area contributed by atoms with Gasteiger partial charge in [0.05, 0.1) is 10.6 Å². The van der Waals surface area contributed by atoms with Crippen molar-refractivity contribution < 1.29 is 22.4 Å². The van der Waals surface area contributed by atoms with Crippen LogP contribution in [0.5, 0.6) is 0 Å². The lowest BCUT2D eigenvalue weighted by molar-refractivity contribution is -0.137. The van der Waals surface area contributed by atoms with Gasteiger partial charge < -0.3 is 14.2 Å². The number of hydrogen-bond donors (Lipinski definition) is 0. The summed E-state index contributed by atoms with van der Waals surface area (Å²) in [6.07, 6.45) is -3.79. The van der Waals surface area contributed by atoms with Gasteiger partial charge in [-0.25, -0.2) is 9.78 Å². The molecule has 30 heavy (non-hydrogen) atoms. The number of halogens is 4. The van der Waals surface area contributed by atoms with Gasteiger partial charge in [0.1, 0.15) is 17.0 Å². The van der Waals surface area contributed by atoms with Crippen LogP contribution in [0.2, 0.25) is 5.02 Å². The molecule has 0 aliphatic carbocycles. The molecule has 0 bridgehead atoms. The van der Waals surface area contributed by atoms with Crippen LogP contribution in [-0.4, -0.2) is 42.0 Å². The zero-order valence-corrected chi connectivity index (χ0v) is 16.2. The van der Waals surface area contributed by atoms with E-state index < -0.39 is 23.3 Å². The van der Waals surface area contributed by atoms with E-state index in [9.17, 15) is 22.8 Å². The fraction of sp³-hybridized carbons (Fsp3) is 0.250. The van der Waals surface area contributed by atoms with E-state index in [-0.39, 0.29) is 29.5 Å². The van der Waals surface area contributed by atoms with Crippen molar-refractivity contribution >= 4 is 34.3 Å². The molecule has 1 aliphatic heterocycles. The van der Waals surface area contributed by atoms with Gasteiger partial charge >= 0.3 is 11.8 Å². The maximum atomic E-state index is 12.8. The number of nitrogens with zero attached hydrogens (tertiary/aromatic N) is 3. The third-order valence-electron chi connectivity index (χ3n) is 4.89. The molecule has 3 aromatic rings. The monoisotopic (exact) mass is 437 g/mol. The van der Waals surface area contributed by atoms with E-state index in [1.54, 1.807) is 29.2 Å². The van der Waals surface area contributed by atoms with Crippen LogP contribution in [0.3, 0.4) is 0 Å². The molecule has 1 saturated heterocycles. The lowest BCUT2D eigenvalue weighted by Crippen LogP contribution is -2.49. The van der Waals surface area contributed by atoms with Crippen molar-refractivity contribution in [3.63, 3.8) is 0 Å². The van der Waals surface area contributed by atoms with Crippen molar-refractivity contribution in [2.24, 2.45) is 0 Å². The molecule has 1 aliphatic rings. The highest BCUT2D eigenvalue weighted by Crippen LogP contribution is 2.33. The Morgan fingerprint density at radius 1 is 1.10 bits per heavy atom. The van der Waals surface area contributed by atoms with Gasteiger partial charge in [0.15, 0.2) is 0 Å². The minimum atomic E-state index is -4.53. The molecule has 3 heterocycles. The Morgan fingerprint density at radius 3 is 2.47 bits per heavy atom. The zero-order valence-electron chi connectivity index (χ0n) is 15.4. The van der Waals surface area contributed by atoms with Crippen molar-refractivity contribution in [1.29, 1.82) is 0 Å². The molecule has 0 spiro atoms. The van der Waals surface area contributed by atoms with Gasteiger partial charge in [-0.15, -0.1) is 0 Å². The number of fused-ring (bicyclic) bond motifs is 1. The third-order valence-corrected chi connectivity index (χ3v) is 5.17. The molecule has 0 radical (unpaired) electrons. The fourth-order valence-electron chi connectivity index (χ4n) is 3.32. The van der Waals surface area contributed by atoms with Crippen LogP contribution < -0.4 is 10.5 Å². The number of anilines is 1. The minimum absolute atomic E-state index is 0.0622. The third kappa shape index (κ3) is 3.85. The molecule has 0 N–H and O–H groups in total. The average molecular weight is 438 g/mol. The number of benzene rings is 1. The number of rotatable bonds is 2. The van der Waals surface area contributed by atoms with E-state index in [1.807, 2.05) is 0 Å². The molecular weight excluding hydrogens is 423 g/mol. The van der Waals surface area contributed by atoms with E-state index >= 15 is 0 Å². The Hall–Kier alpha value is -3.07. The van der Waals surface area contributed by atoms with Crippen LogP contribution >= 0.6 is 11.6 Å². The highest BCUT2D eigenvalue weighted by atomic mass is 35.5. The average Bonchev–Trinajstić information content (AvgIpc) is 2.72. The van der Waals surface area contributed by atoms with Gasteiger partial charge in [0, 0.05) is 37.8 Å². The second-order valence-corrected chi connectivity index (χ2v) is 7.20. The second kappa shape index (κ2) is 7.64. The summed E-state index contributed by atoms with van der Waals surface area (Å²) in [6.45, 7) is 1.12. The standard InChI is InChI=1S/C20H15ClF3N3O3/c21-15-10-13(20(22,23)24)11-25-17(15)26-5-7-27(8-6-26)18(28)14-9-12-3-1-2-4-16(12)30-19(14)29/h1-4,9-11H,5-8H2. The van der Waals surface area contributed by atoms with Crippen LogP contribution in [0.15, 0.2) is 51.8 Å². The first-order chi connectivity index (χ1) is 14.2. The van der Waals surface area contributed by atoms with Gasteiger partial charge in [-0.05, 0) is 18.2 Å². The summed E-state index contributed by atoms with van der Waals surface area (Å²) < 4.78 is 43.6. The fourth-order valence-corrected chi connectivity index (χ4v) is 3.61. The molecule has 1 aromatic carbocycles. The molecule has 2 aromatic heterocycles. The number of hydrogen-bond acceptors (Lipinski definition) is 5. The summed E-state index contributed by atoms with van der Waals surface area (Å²) in [7, 11) is 0. The predicted molar refractivity (Wildman–Crippen MR) is 105 cm³/mol. The number of pyridine rings is 1. The molecular formula is C20H15ClF3N3O3. The first-order valence-corrected chi connectivity index (χ1v) is 9.42. The summed E-state index contributed by atoms with van der Waals surface area (Å²) in [4.78, 5) is 32.1. The molecule has 0 saturated carbocycles. The van der Waals surface area contributed by atoms with E-state index in [0.29, 0.717) is 24.1 Å². The Bertz CT molecular complexity index is 1170. The van der Waals surface area contributed by atoms with Crippen molar-refractivity contribution in [2.75, 3.05) is 31.1 Å². The van der Waals surface area contributed by atoms with Gasteiger partial charge in [0.2, 0.25) is 0 Å². The van der Waals surface area contributed by atoms with E-state index in [2.05, 4.69) is 4.98 Å². The first-order valence-electron chi connectivity index (χ1n) is 9.04. The maximum Gasteiger partial charge on any atom is 0.417 e. The highest BCUT2D eigenvalue weighted by Gasteiger charge is 2.32. The summed E-state index contributed by atoms with van der Waals surface area (Å²) in [5.74, 6) is -0.234. The smallest absolute Gasteiger partial charge is 0.417 e. The number of piperazine rings is 1. The number of alkyl halides is 3. The topological polar surface area (TPSA) is 66.7 Å². The van der Waals surface area contributed by atoms with Crippen LogP contribution in [0.1, 0.15) is 15.9 Å². The number of carbonyl (C=O) groups is 1. The largest absolute Gasteiger partial charge is 0.422 e. The minimum Gasteiger partial charge on any atom is -0.422 e. The zero-order chi connectivity index (χ0) is 21.5. The van der Waals surface area contributed by atoms with Crippen LogP contribution in [0.4, 0.5) is 19.0 Å². The van der Waals surface area contributed by atoms with Gasteiger partial charge in [-0.2, -0.15) is 13.2 Å². The van der Waals surface area contributed by atoms with E-state index in [4.69, 9.17) is 16.0 Å². The quantitative estimate of drug-likeness (QED) is 0.570. The van der Waals surface area contributed by atoms with E-state index in [0.717, 1.165) is 12.3 Å². The Kier molecular flexibility index (Phi) is 5.15. The molecule has 1 fully saturated rings. The van der Waals surface area contributed by atoms with Crippen LogP contribution in [-0.2, 0) is 6.18 Å². The number of aromatic nitrogens is 1. The molecule has 0 unspecified atom stereocenters. The Morgan fingerprint density at radius 2 is 1.80 bits per heavy atom. The number of amides is 1. The van der Waals surface area contributed by atoms with Crippen LogP contribution in [0, 0.1) is 0 Å². The highest BCUT2D eigenvalue weighted by molar-refractivity contribution is 6.33. The SMILES string of the molecule is O=C(c1cc2ccccc2oc1=O)N1CCN(c2ncc(C(F)(F)F)cc2Cl)CC1. The molecule has 0 atom stereocenters. The van der Waals surface area contributed by atoms with Crippen LogP contribution in [0.25, 0.3) is 11.0 Å². The van der Waals surface area contributed by atoms with Crippen molar-refractivity contribution in [3.8, 4) is 0 Å². The van der Waals surface area contributed by atoms with Crippen molar-refractivity contribution in [2.45, 2.75) is 6.18 Å². The molecule has 1 amide bonds. The van der Waals surface area contributed by atoms with Gasteiger partial charge in [-0.3, -0.25) is 4.79 Å². The second-order valence-electron chi connectivity index (χ2n) is 6.79. The van der Waals surface area contributed by atoms with Gasteiger partial charge in [-0.1, -0.05) is 29.8 Å². The normalized spacial score (nSPS) is 14.9. The predicted octanol–water partition coefficient (Wildman–Crippen LogP) is 3.82. The molecule has 4 rings (SSSR count). The summed E-state index contributed by atoms with van der Waals surface area (Å²) in [5.41, 5.74) is -1.30. The number of carbonyl (C=O) groups excluding carboxylic acids is 1. The molecule has 156 valence electrons. The summed E-state index contributed by atoms with van der Waals surface area (Å²) in [5, 5.41) is 0.527.